The van der Waals surface area contributed by atoms with Gasteiger partial charge < -0.3 is 30.8 Å². The summed E-state index contributed by atoms with van der Waals surface area (Å²) in [5.74, 6) is -1.91. The number of carboxylic acids is 2. The van der Waals surface area contributed by atoms with E-state index in [1.54, 1.807) is 54.7 Å². The lowest BCUT2D eigenvalue weighted by molar-refractivity contribution is -0.146. The van der Waals surface area contributed by atoms with Crippen molar-refractivity contribution in [3.8, 4) is 11.5 Å². The zero-order valence-corrected chi connectivity index (χ0v) is 17.9. The lowest BCUT2D eigenvalue weighted by Crippen LogP contribution is -2.28. The highest BCUT2D eigenvalue weighted by molar-refractivity contribution is 5.73. The number of aliphatic hydroxyl groups excluding tert-OH is 1. The lowest BCUT2D eigenvalue weighted by atomic mass is 9.98. The average molecular weight is 402 g/mol. The predicted octanol–water partition coefficient (Wildman–Crippen LogP) is 2.97. The van der Waals surface area contributed by atoms with Gasteiger partial charge in [0.15, 0.2) is 11.5 Å². The standard InChI is InChI=1S/C10H15NO3.2C5H10O2/c1-6(11-2)10(14)7-3-4-8(12)9(13)5-7;2*1-5(2,3)4(6)7/h3-6,10-14H,1-2H3;2*1-3H3,(H,6,7). The molecule has 2 unspecified atom stereocenters. The van der Waals surface area contributed by atoms with E-state index in [4.69, 9.17) is 15.3 Å². The van der Waals surface area contributed by atoms with Crippen LogP contribution in [0.3, 0.4) is 0 Å². The molecule has 6 N–H and O–H groups in total. The summed E-state index contributed by atoms with van der Waals surface area (Å²) in [5.41, 5.74) is -0.595. The van der Waals surface area contributed by atoms with E-state index >= 15 is 0 Å². The summed E-state index contributed by atoms with van der Waals surface area (Å²) in [6.45, 7) is 11.8. The second kappa shape index (κ2) is 11.5. The summed E-state index contributed by atoms with van der Waals surface area (Å²) in [5, 5.41) is 47.4. The summed E-state index contributed by atoms with van der Waals surface area (Å²) in [7, 11) is 1.74. The summed E-state index contributed by atoms with van der Waals surface area (Å²) in [6.07, 6.45) is -0.702. The Labute approximate surface area is 166 Å². The van der Waals surface area contributed by atoms with Crippen molar-refractivity contribution < 1.29 is 35.1 Å². The Balaban J connectivity index is 0. The molecule has 1 rings (SSSR count). The average Bonchev–Trinajstić information content (AvgIpc) is 2.55. The molecule has 0 aliphatic rings. The minimum absolute atomic E-state index is 0.112. The number of aliphatic carboxylic acids is 2. The lowest BCUT2D eigenvalue weighted by Gasteiger charge is -2.18. The molecule has 28 heavy (non-hydrogen) atoms. The molecule has 0 heterocycles. The number of carbonyl (C=O) groups is 2. The molecule has 162 valence electrons. The molecule has 2 atom stereocenters. The highest BCUT2D eigenvalue weighted by Crippen LogP contribution is 2.28. The minimum Gasteiger partial charge on any atom is -0.504 e. The van der Waals surface area contributed by atoms with Crippen LogP contribution < -0.4 is 5.32 Å². The number of aliphatic hydroxyl groups is 1. The van der Waals surface area contributed by atoms with Crippen LogP contribution in [0.1, 0.15) is 60.1 Å². The van der Waals surface area contributed by atoms with Crippen molar-refractivity contribution in [3.05, 3.63) is 23.8 Å². The van der Waals surface area contributed by atoms with Crippen LogP contribution >= 0.6 is 0 Å². The van der Waals surface area contributed by atoms with Gasteiger partial charge in [0.1, 0.15) is 0 Å². The van der Waals surface area contributed by atoms with Crippen LogP contribution in [0.25, 0.3) is 0 Å². The normalized spacial score (nSPS) is 13.2. The summed E-state index contributed by atoms with van der Waals surface area (Å²) in [4.78, 5) is 20.0. The molecular formula is C20H35NO7. The number of phenolic OH excluding ortho intramolecular Hbond substituents is 2. The SMILES string of the molecule is CC(C)(C)C(=O)O.CC(C)(C)C(=O)O.CNC(C)C(O)c1ccc(O)c(O)c1. The molecule has 0 amide bonds. The maximum atomic E-state index is 10.0. The first-order valence-corrected chi connectivity index (χ1v) is 8.79. The fourth-order valence-corrected chi connectivity index (χ4v) is 1.17. The molecule has 0 fully saturated rings. The highest BCUT2D eigenvalue weighted by atomic mass is 16.4. The third kappa shape index (κ3) is 11.4. The smallest absolute Gasteiger partial charge is 0.308 e. The van der Waals surface area contributed by atoms with E-state index in [9.17, 15) is 19.8 Å². The van der Waals surface area contributed by atoms with Crippen LogP contribution in [0.5, 0.6) is 11.5 Å². The quantitative estimate of drug-likeness (QED) is 0.424. The first-order chi connectivity index (χ1) is 12.4. The van der Waals surface area contributed by atoms with E-state index in [0.717, 1.165) is 0 Å². The van der Waals surface area contributed by atoms with Gasteiger partial charge in [0.05, 0.1) is 16.9 Å². The number of hydrogen-bond acceptors (Lipinski definition) is 6. The summed E-state index contributed by atoms with van der Waals surface area (Å²) in [6, 6.07) is 4.18. The first-order valence-electron chi connectivity index (χ1n) is 8.79. The van der Waals surface area contributed by atoms with E-state index < -0.39 is 28.9 Å². The molecule has 1 aromatic rings. The monoisotopic (exact) mass is 401 g/mol. The van der Waals surface area contributed by atoms with Crippen molar-refractivity contribution in [1.82, 2.24) is 5.32 Å². The first kappa shape index (κ1) is 27.9. The second-order valence-electron chi connectivity index (χ2n) is 8.38. The number of nitrogens with one attached hydrogen (secondary N) is 1. The Bertz CT molecular complexity index is 606. The number of rotatable bonds is 3. The van der Waals surface area contributed by atoms with Crippen molar-refractivity contribution >= 4 is 11.9 Å². The Hall–Kier alpha value is -2.32. The van der Waals surface area contributed by atoms with Crippen molar-refractivity contribution in [2.45, 2.75) is 60.6 Å². The molecule has 0 aliphatic carbocycles. The van der Waals surface area contributed by atoms with Crippen LogP contribution in [0, 0.1) is 10.8 Å². The van der Waals surface area contributed by atoms with E-state index in [0.29, 0.717) is 5.56 Å². The number of carboxylic acid groups (broad SMARTS) is 2. The summed E-state index contributed by atoms with van der Waals surface area (Å²) < 4.78 is 0. The van der Waals surface area contributed by atoms with Gasteiger partial charge in [0, 0.05) is 6.04 Å². The minimum atomic E-state index is -0.757. The number of benzene rings is 1. The van der Waals surface area contributed by atoms with E-state index in [1.165, 1.54) is 12.1 Å². The van der Waals surface area contributed by atoms with Gasteiger partial charge in [-0.05, 0) is 73.2 Å². The van der Waals surface area contributed by atoms with Crippen LogP contribution in [0.4, 0.5) is 0 Å². The fraction of sp³-hybridized carbons (Fsp3) is 0.600. The third-order valence-electron chi connectivity index (χ3n) is 3.55. The molecule has 8 heteroatoms. The van der Waals surface area contributed by atoms with Crippen molar-refractivity contribution in [2.24, 2.45) is 10.8 Å². The fourth-order valence-electron chi connectivity index (χ4n) is 1.17. The molecule has 0 saturated carbocycles. The maximum Gasteiger partial charge on any atom is 0.308 e. The Morgan fingerprint density at radius 1 is 0.893 bits per heavy atom. The highest BCUT2D eigenvalue weighted by Gasteiger charge is 2.19. The number of aromatic hydroxyl groups is 2. The third-order valence-corrected chi connectivity index (χ3v) is 3.55. The Morgan fingerprint density at radius 3 is 1.50 bits per heavy atom. The molecule has 0 saturated heterocycles. The van der Waals surface area contributed by atoms with Gasteiger partial charge in [-0.2, -0.15) is 0 Å². The van der Waals surface area contributed by atoms with Crippen LogP contribution in [-0.2, 0) is 9.59 Å². The van der Waals surface area contributed by atoms with Gasteiger partial charge in [-0.25, -0.2) is 0 Å². The molecule has 0 aliphatic heterocycles. The Kier molecular flexibility index (Phi) is 11.5. The molecule has 0 spiro atoms. The zero-order valence-electron chi connectivity index (χ0n) is 17.9. The molecular weight excluding hydrogens is 366 g/mol. The summed E-state index contributed by atoms with van der Waals surface area (Å²) >= 11 is 0. The molecule has 0 bridgehead atoms. The molecule has 0 radical (unpaired) electrons. The number of likely N-dealkylation sites (N-methyl/N-ethyl adjacent to an activating group) is 1. The number of hydrogen-bond donors (Lipinski definition) is 6. The van der Waals surface area contributed by atoms with E-state index in [1.807, 2.05) is 6.92 Å². The van der Waals surface area contributed by atoms with Crippen molar-refractivity contribution in [3.63, 3.8) is 0 Å². The van der Waals surface area contributed by atoms with Crippen LogP contribution in [0.15, 0.2) is 18.2 Å². The molecule has 0 aromatic heterocycles. The maximum absolute atomic E-state index is 10.0. The van der Waals surface area contributed by atoms with Crippen molar-refractivity contribution in [1.29, 1.82) is 0 Å². The van der Waals surface area contributed by atoms with E-state index in [-0.39, 0.29) is 17.5 Å². The predicted molar refractivity (Wildman–Crippen MR) is 107 cm³/mol. The van der Waals surface area contributed by atoms with Crippen molar-refractivity contribution in [2.75, 3.05) is 7.05 Å². The van der Waals surface area contributed by atoms with Gasteiger partial charge in [0.25, 0.3) is 0 Å². The van der Waals surface area contributed by atoms with Gasteiger partial charge >= 0.3 is 11.9 Å². The zero-order chi connectivity index (χ0) is 22.9. The van der Waals surface area contributed by atoms with Gasteiger partial charge in [-0.3, -0.25) is 9.59 Å². The topological polar surface area (TPSA) is 147 Å². The van der Waals surface area contributed by atoms with E-state index in [2.05, 4.69) is 5.32 Å². The van der Waals surface area contributed by atoms with Crippen LogP contribution in [0.2, 0.25) is 0 Å². The Morgan fingerprint density at radius 2 is 1.25 bits per heavy atom. The second-order valence-corrected chi connectivity index (χ2v) is 8.38. The molecule has 8 nitrogen and oxygen atoms in total. The van der Waals surface area contributed by atoms with Gasteiger partial charge in [-0.15, -0.1) is 0 Å². The van der Waals surface area contributed by atoms with Gasteiger partial charge in [-0.1, -0.05) is 6.07 Å². The van der Waals surface area contributed by atoms with Gasteiger partial charge in [0.2, 0.25) is 0 Å². The van der Waals surface area contributed by atoms with Crippen LogP contribution in [-0.4, -0.2) is 50.6 Å². The molecule has 1 aromatic carbocycles. The number of phenols is 2. The largest absolute Gasteiger partial charge is 0.504 e.